The van der Waals surface area contributed by atoms with Gasteiger partial charge >= 0.3 is 0 Å². The molecule has 4 heterocycles. The monoisotopic (exact) mass is 747 g/mol. The summed E-state index contributed by atoms with van der Waals surface area (Å²) in [6.45, 7) is 0. The molecule has 0 unspecified atom stereocenters. The predicted molar refractivity (Wildman–Crippen MR) is 234 cm³/mol. The Bertz CT molecular complexity index is 3470. The number of hydrogen-bond acceptors (Lipinski definition) is 6. The molecule has 0 radical (unpaired) electrons. The van der Waals surface area contributed by atoms with Crippen molar-refractivity contribution >= 4 is 75.4 Å². The van der Waals surface area contributed by atoms with Gasteiger partial charge in [0.25, 0.3) is 0 Å². The number of fused-ring (bicyclic) bond motifs is 9. The van der Waals surface area contributed by atoms with Gasteiger partial charge in [-0.3, -0.25) is 0 Å². The highest BCUT2D eigenvalue weighted by Gasteiger charge is 2.20. The van der Waals surface area contributed by atoms with E-state index in [0.29, 0.717) is 17.5 Å². The maximum absolute atomic E-state index is 6.70. The highest BCUT2D eigenvalue weighted by atomic mass is 32.1. The Labute approximate surface area is 330 Å². The number of thiophene rings is 1. The second kappa shape index (κ2) is 12.6. The predicted octanol–water partition coefficient (Wildman–Crippen LogP) is 14.4. The average molecular weight is 748 g/mol. The fraction of sp³-hybridized carbons (Fsp3) is 0. The van der Waals surface area contributed by atoms with E-state index >= 15 is 0 Å². The van der Waals surface area contributed by atoms with Crippen LogP contribution in [0.25, 0.3) is 120 Å². The minimum absolute atomic E-state index is 0.639. The fourth-order valence-corrected chi connectivity index (χ4v) is 9.46. The molecule has 0 fully saturated rings. The van der Waals surface area contributed by atoms with Gasteiger partial charge in [-0.15, -0.1) is 11.3 Å². The Hall–Kier alpha value is -7.41. The quantitative estimate of drug-likeness (QED) is 0.175. The lowest BCUT2D eigenvalue weighted by atomic mass is 9.94. The van der Waals surface area contributed by atoms with E-state index in [1.807, 2.05) is 84.9 Å². The zero-order chi connectivity index (χ0) is 37.5. The molecule has 0 aliphatic heterocycles. The molecule has 0 atom stereocenters. The van der Waals surface area contributed by atoms with Crippen LogP contribution >= 0.6 is 11.3 Å². The number of para-hydroxylation sites is 2. The number of rotatable bonds is 5. The molecule has 0 aliphatic rings. The van der Waals surface area contributed by atoms with E-state index in [1.165, 1.54) is 15.5 Å². The van der Waals surface area contributed by atoms with Crippen LogP contribution in [0.4, 0.5) is 0 Å². The zero-order valence-electron chi connectivity index (χ0n) is 30.3. The first-order valence-corrected chi connectivity index (χ1v) is 19.7. The molecule has 8 aromatic carbocycles. The van der Waals surface area contributed by atoms with Gasteiger partial charge in [0.1, 0.15) is 22.3 Å². The van der Waals surface area contributed by atoms with Crippen LogP contribution in [0.2, 0.25) is 0 Å². The molecule has 0 saturated carbocycles. The number of nitrogens with zero attached hydrogens (tertiary/aromatic N) is 3. The Kier molecular flexibility index (Phi) is 7.03. The molecule has 0 bridgehead atoms. The van der Waals surface area contributed by atoms with Gasteiger partial charge in [0.15, 0.2) is 17.5 Å². The molecule has 12 aromatic rings. The first kappa shape index (κ1) is 31.9. The van der Waals surface area contributed by atoms with E-state index < -0.39 is 0 Å². The van der Waals surface area contributed by atoms with Crippen LogP contribution in [0.5, 0.6) is 0 Å². The normalized spacial score (nSPS) is 11.9. The van der Waals surface area contributed by atoms with Crippen molar-refractivity contribution in [1.82, 2.24) is 15.0 Å². The van der Waals surface area contributed by atoms with E-state index in [2.05, 4.69) is 91.0 Å². The largest absolute Gasteiger partial charge is 0.456 e. The first-order chi connectivity index (χ1) is 28.2. The lowest BCUT2D eigenvalue weighted by Crippen LogP contribution is -1.99. The smallest absolute Gasteiger partial charge is 0.164 e. The Balaban J connectivity index is 1.04. The van der Waals surface area contributed by atoms with Gasteiger partial charge in [-0.2, -0.15) is 0 Å². The van der Waals surface area contributed by atoms with Crippen molar-refractivity contribution in [3.8, 4) is 56.4 Å². The summed E-state index contributed by atoms with van der Waals surface area (Å²) in [5.74, 6) is 1.93. The lowest BCUT2D eigenvalue weighted by molar-refractivity contribution is 0.669. The topological polar surface area (TPSA) is 65.0 Å². The standard InChI is InChI=1S/C51H29N3O2S/c1-3-12-30(13-4-1)49-52-50(31-14-5-2-6-15-31)54-51(53-49)33-23-25-38-39-18-11-19-40(48(39)57-46(38)29-33)42-27-34(26-41-36-17-8-10-21-44(36)56-47(41)42)32-22-24-37-35-16-7-9-20-43(35)55-45(37)28-32/h1-29H. The first-order valence-electron chi connectivity index (χ1n) is 18.9. The van der Waals surface area contributed by atoms with Crippen LogP contribution in [0.15, 0.2) is 185 Å². The van der Waals surface area contributed by atoms with Gasteiger partial charge < -0.3 is 8.83 Å². The summed E-state index contributed by atoms with van der Waals surface area (Å²) in [5.41, 5.74) is 10.7. The fourth-order valence-electron chi connectivity index (χ4n) is 8.19. The van der Waals surface area contributed by atoms with Gasteiger partial charge in [-0.1, -0.05) is 133 Å². The third kappa shape index (κ3) is 5.19. The number of furan rings is 2. The Morgan fingerprint density at radius 1 is 0.333 bits per heavy atom. The number of benzene rings is 8. The summed E-state index contributed by atoms with van der Waals surface area (Å²) in [4.78, 5) is 14.9. The van der Waals surface area contributed by atoms with Crippen LogP contribution in [0.1, 0.15) is 0 Å². The maximum Gasteiger partial charge on any atom is 0.164 e. The van der Waals surface area contributed by atoms with Crippen molar-refractivity contribution in [3.63, 3.8) is 0 Å². The molecular weight excluding hydrogens is 719 g/mol. The molecule has 57 heavy (non-hydrogen) atoms. The summed E-state index contributed by atoms with van der Waals surface area (Å²) >= 11 is 1.79. The maximum atomic E-state index is 6.70. The van der Waals surface area contributed by atoms with Gasteiger partial charge in [-0.05, 0) is 53.6 Å². The van der Waals surface area contributed by atoms with Gasteiger partial charge in [0.05, 0.1) is 0 Å². The SMILES string of the molecule is c1ccc(-c2nc(-c3ccccc3)nc(-c3ccc4c(c3)sc3c(-c5cc(-c6ccc7c(c6)oc6ccccc67)cc6c5oc5ccccc56)cccc34)n2)cc1. The molecule has 0 saturated heterocycles. The summed E-state index contributed by atoms with van der Waals surface area (Å²) in [6.07, 6.45) is 0. The van der Waals surface area contributed by atoms with Crippen LogP contribution in [0, 0.1) is 0 Å². The Morgan fingerprint density at radius 2 is 0.912 bits per heavy atom. The van der Waals surface area contributed by atoms with E-state index in [0.717, 1.165) is 87.5 Å². The molecule has 266 valence electrons. The molecule has 0 amide bonds. The molecule has 4 aromatic heterocycles. The molecule has 5 nitrogen and oxygen atoms in total. The molecule has 6 heteroatoms. The van der Waals surface area contributed by atoms with Crippen LogP contribution in [-0.2, 0) is 0 Å². The third-order valence-corrected chi connectivity index (χ3v) is 12.1. The molecule has 0 spiro atoms. The van der Waals surface area contributed by atoms with Gasteiger partial charge in [0.2, 0.25) is 0 Å². The minimum Gasteiger partial charge on any atom is -0.456 e. The van der Waals surface area contributed by atoms with E-state index in [1.54, 1.807) is 11.3 Å². The highest BCUT2D eigenvalue weighted by molar-refractivity contribution is 7.26. The number of hydrogen-bond donors (Lipinski definition) is 0. The minimum atomic E-state index is 0.639. The second-order valence-electron chi connectivity index (χ2n) is 14.3. The summed E-state index contributed by atoms with van der Waals surface area (Å²) < 4.78 is 15.4. The molecular formula is C51H29N3O2S. The van der Waals surface area contributed by atoms with E-state index in [4.69, 9.17) is 23.8 Å². The summed E-state index contributed by atoms with van der Waals surface area (Å²) in [5, 5.41) is 6.80. The van der Waals surface area contributed by atoms with Crippen molar-refractivity contribution in [2.75, 3.05) is 0 Å². The molecule has 0 aliphatic carbocycles. The van der Waals surface area contributed by atoms with Crippen molar-refractivity contribution < 1.29 is 8.83 Å². The van der Waals surface area contributed by atoms with Crippen molar-refractivity contribution in [2.24, 2.45) is 0 Å². The van der Waals surface area contributed by atoms with Crippen molar-refractivity contribution in [1.29, 1.82) is 0 Å². The zero-order valence-corrected chi connectivity index (χ0v) is 31.1. The van der Waals surface area contributed by atoms with Gasteiger partial charge in [-0.25, -0.2) is 15.0 Å². The van der Waals surface area contributed by atoms with Crippen molar-refractivity contribution in [3.05, 3.63) is 176 Å². The van der Waals surface area contributed by atoms with Crippen LogP contribution in [0.3, 0.4) is 0 Å². The third-order valence-electron chi connectivity index (χ3n) is 10.9. The summed E-state index contributed by atoms with van der Waals surface area (Å²) in [6, 6.07) is 60.9. The molecule has 0 N–H and O–H groups in total. The Morgan fingerprint density at radius 3 is 1.65 bits per heavy atom. The number of aromatic nitrogens is 3. The van der Waals surface area contributed by atoms with E-state index in [9.17, 15) is 0 Å². The van der Waals surface area contributed by atoms with Crippen molar-refractivity contribution in [2.45, 2.75) is 0 Å². The van der Waals surface area contributed by atoms with E-state index in [-0.39, 0.29) is 0 Å². The second-order valence-corrected chi connectivity index (χ2v) is 15.4. The van der Waals surface area contributed by atoms with Crippen LogP contribution < -0.4 is 0 Å². The highest BCUT2D eigenvalue weighted by Crippen LogP contribution is 2.46. The molecule has 12 rings (SSSR count). The average Bonchev–Trinajstić information content (AvgIpc) is 3.97. The summed E-state index contributed by atoms with van der Waals surface area (Å²) in [7, 11) is 0. The lowest BCUT2D eigenvalue weighted by Gasteiger charge is -2.09. The van der Waals surface area contributed by atoms with Crippen LogP contribution in [-0.4, -0.2) is 15.0 Å². The van der Waals surface area contributed by atoms with Gasteiger partial charge in [0, 0.05) is 69.5 Å².